The van der Waals surface area contributed by atoms with Gasteiger partial charge in [-0.1, -0.05) is 37.3 Å². The SMILES string of the molecule is CCC(C(=O)c1ccc(OC)c(OC)c1)c1ccccc1. The van der Waals surface area contributed by atoms with Crippen molar-refractivity contribution in [3.63, 3.8) is 0 Å². The molecule has 1 unspecified atom stereocenters. The third-order valence-corrected chi connectivity index (χ3v) is 3.59. The minimum absolute atomic E-state index is 0.102. The number of Topliss-reactive ketones (excluding diaryl/α,β-unsaturated/α-hetero) is 1. The average molecular weight is 284 g/mol. The van der Waals surface area contributed by atoms with E-state index in [2.05, 4.69) is 0 Å². The van der Waals surface area contributed by atoms with Gasteiger partial charge >= 0.3 is 0 Å². The topological polar surface area (TPSA) is 35.5 Å². The number of hydrogen-bond acceptors (Lipinski definition) is 3. The van der Waals surface area contributed by atoms with Gasteiger partial charge in [-0.05, 0) is 30.2 Å². The van der Waals surface area contributed by atoms with Gasteiger partial charge in [-0.25, -0.2) is 0 Å². The Kier molecular flexibility index (Phi) is 4.99. The highest BCUT2D eigenvalue weighted by atomic mass is 16.5. The lowest BCUT2D eigenvalue weighted by Gasteiger charge is -2.15. The van der Waals surface area contributed by atoms with Crippen molar-refractivity contribution in [2.45, 2.75) is 19.3 Å². The Hall–Kier alpha value is -2.29. The first-order chi connectivity index (χ1) is 10.2. The first kappa shape index (κ1) is 15.1. The van der Waals surface area contributed by atoms with E-state index < -0.39 is 0 Å². The molecule has 0 saturated carbocycles. The van der Waals surface area contributed by atoms with Crippen LogP contribution in [0.3, 0.4) is 0 Å². The molecule has 0 aliphatic carbocycles. The second-order valence-electron chi connectivity index (χ2n) is 4.81. The minimum atomic E-state index is -0.135. The smallest absolute Gasteiger partial charge is 0.170 e. The van der Waals surface area contributed by atoms with Crippen LogP contribution in [0.25, 0.3) is 0 Å². The first-order valence-electron chi connectivity index (χ1n) is 7.02. The predicted octanol–water partition coefficient (Wildman–Crippen LogP) is 4.08. The molecule has 0 aromatic heterocycles. The molecular weight excluding hydrogens is 264 g/mol. The van der Waals surface area contributed by atoms with Crippen molar-refractivity contribution in [2.24, 2.45) is 0 Å². The molecule has 0 saturated heterocycles. The molecule has 3 nitrogen and oxygen atoms in total. The zero-order valence-electron chi connectivity index (χ0n) is 12.6. The number of methoxy groups -OCH3 is 2. The van der Waals surface area contributed by atoms with E-state index in [9.17, 15) is 4.79 Å². The van der Waals surface area contributed by atoms with Crippen LogP contribution in [-0.4, -0.2) is 20.0 Å². The lowest BCUT2D eigenvalue weighted by molar-refractivity contribution is 0.0957. The number of ketones is 1. The number of carbonyl (C=O) groups excluding carboxylic acids is 1. The maximum Gasteiger partial charge on any atom is 0.170 e. The molecule has 2 rings (SSSR count). The van der Waals surface area contributed by atoms with Gasteiger partial charge in [-0.15, -0.1) is 0 Å². The molecule has 0 amide bonds. The Morgan fingerprint density at radius 1 is 1.00 bits per heavy atom. The maximum absolute atomic E-state index is 12.7. The van der Waals surface area contributed by atoms with Gasteiger partial charge in [0.15, 0.2) is 17.3 Å². The molecule has 0 radical (unpaired) electrons. The van der Waals surface area contributed by atoms with E-state index in [0.29, 0.717) is 17.1 Å². The lowest BCUT2D eigenvalue weighted by atomic mass is 9.88. The lowest BCUT2D eigenvalue weighted by Crippen LogP contribution is -2.12. The van der Waals surface area contributed by atoms with Crippen LogP contribution in [0.4, 0.5) is 0 Å². The van der Waals surface area contributed by atoms with Crippen LogP contribution in [0.1, 0.15) is 35.2 Å². The fraction of sp³-hybridized carbons (Fsp3) is 0.278. The van der Waals surface area contributed by atoms with Gasteiger partial charge < -0.3 is 9.47 Å². The van der Waals surface area contributed by atoms with Gasteiger partial charge in [0.05, 0.1) is 14.2 Å². The number of hydrogen-bond donors (Lipinski definition) is 0. The maximum atomic E-state index is 12.7. The molecule has 0 bridgehead atoms. The minimum Gasteiger partial charge on any atom is -0.493 e. The molecule has 0 spiro atoms. The Morgan fingerprint density at radius 3 is 2.24 bits per heavy atom. The summed E-state index contributed by atoms with van der Waals surface area (Å²) >= 11 is 0. The summed E-state index contributed by atoms with van der Waals surface area (Å²) < 4.78 is 10.5. The number of ether oxygens (including phenoxy) is 2. The second-order valence-corrected chi connectivity index (χ2v) is 4.81. The molecule has 2 aromatic rings. The van der Waals surface area contributed by atoms with Crippen molar-refractivity contribution >= 4 is 5.78 Å². The van der Waals surface area contributed by atoms with Gasteiger partial charge in [0.2, 0.25) is 0 Å². The van der Waals surface area contributed by atoms with Crippen LogP contribution < -0.4 is 9.47 Å². The van der Waals surface area contributed by atoms with Crippen molar-refractivity contribution in [1.29, 1.82) is 0 Å². The van der Waals surface area contributed by atoms with Crippen molar-refractivity contribution < 1.29 is 14.3 Å². The molecule has 0 aliphatic rings. The summed E-state index contributed by atoms with van der Waals surface area (Å²) in [6.07, 6.45) is 0.761. The highest BCUT2D eigenvalue weighted by molar-refractivity contribution is 6.01. The Balaban J connectivity index is 2.34. The van der Waals surface area contributed by atoms with E-state index in [0.717, 1.165) is 12.0 Å². The third-order valence-electron chi connectivity index (χ3n) is 3.59. The van der Waals surface area contributed by atoms with Crippen molar-refractivity contribution in [3.05, 3.63) is 59.7 Å². The molecule has 0 aliphatic heterocycles. The van der Waals surface area contributed by atoms with E-state index in [1.807, 2.05) is 37.3 Å². The number of benzene rings is 2. The van der Waals surface area contributed by atoms with Crippen molar-refractivity contribution in [2.75, 3.05) is 14.2 Å². The van der Waals surface area contributed by atoms with E-state index in [4.69, 9.17) is 9.47 Å². The molecule has 0 N–H and O–H groups in total. The van der Waals surface area contributed by atoms with E-state index in [-0.39, 0.29) is 11.7 Å². The third kappa shape index (κ3) is 3.24. The summed E-state index contributed by atoms with van der Waals surface area (Å²) in [6.45, 7) is 2.02. The zero-order valence-corrected chi connectivity index (χ0v) is 12.6. The Labute approximate surface area is 125 Å². The molecule has 3 heteroatoms. The summed E-state index contributed by atoms with van der Waals surface area (Å²) in [5, 5.41) is 0. The van der Waals surface area contributed by atoms with Crippen molar-refractivity contribution in [3.8, 4) is 11.5 Å². The summed E-state index contributed by atoms with van der Waals surface area (Å²) in [4.78, 5) is 12.7. The summed E-state index contributed by atoms with van der Waals surface area (Å²) in [5.74, 6) is 1.17. The first-order valence-corrected chi connectivity index (χ1v) is 7.02. The van der Waals surface area contributed by atoms with Gasteiger partial charge in [0.25, 0.3) is 0 Å². The van der Waals surface area contributed by atoms with Crippen LogP contribution in [0.15, 0.2) is 48.5 Å². The molecule has 0 heterocycles. The summed E-state index contributed by atoms with van der Waals surface area (Å²) in [7, 11) is 3.15. The van der Waals surface area contributed by atoms with Crippen LogP contribution in [-0.2, 0) is 0 Å². The standard InChI is InChI=1S/C18H20O3/c1-4-15(13-8-6-5-7-9-13)18(19)14-10-11-16(20-2)17(12-14)21-3/h5-12,15H,4H2,1-3H3. The molecule has 1 atom stereocenters. The highest BCUT2D eigenvalue weighted by Crippen LogP contribution is 2.31. The summed E-state index contributed by atoms with van der Waals surface area (Å²) in [6, 6.07) is 15.2. The summed E-state index contributed by atoms with van der Waals surface area (Å²) in [5.41, 5.74) is 1.68. The second kappa shape index (κ2) is 6.93. The molecule has 110 valence electrons. The number of rotatable bonds is 6. The van der Waals surface area contributed by atoms with E-state index in [1.54, 1.807) is 32.4 Å². The normalized spacial score (nSPS) is 11.8. The predicted molar refractivity (Wildman–Crippen MR) is 83.4 cm³/mol. The van der Waals surface area contributed by atoms with Gasteiger partial charge in [-0.3, -0.25) is 4.79 Å². The largest absolute Gasteiger partial charge is 0.493 e. The monoisotopic (exact) mass is 284 g/mol. The van der Waals surface area contributed by atoms with E-state index >= 15 is 0 Å². The molecular formula is C18H20O3. The Morgan fingerprint density at radius 2 is 1.67 bits per heavy atom. The van der Waals surface area contributed by atoms with Crippen LogP contribution >= 0.6 is 0 Å². The molecule has 21 heavy (non-hydrogen) atoms. The Bertz CT molecular complexity index is 605. The van der Waals surface area contributed by atoms with Crippen LogP contribution in [0, 0.1) is 0 Å². The van der Waals surface area contributed by atoms with Crippen LogP contribution in [0.5, 0.6) is 11.5 Å². The fourth-order valence-electron chi connectivity index (χ4n) is 2.45. The van der Waals surface area contributed by atoms with Gasteiger partial charge in [0.1, 0.15) is 0 Å². The quantitative estimate of drug-likeness (QED) is 0.750. The zero-order chi connectivity index (χ0) is 15.2. The van der Waals surface area contributed by atoms with Crippen LogP contribution in [0.2, 0.25) is 0 Å². The van der Waals surface area contributed by atoms with Gasteiger partial charge in [0, 0.05) is 11.5 Å². The van der Waals surface area contributed by atoms with Gasteiger partial charge in [-0.2, -0.15) is 0 Å². The number of carbonyl (C=O) groups is 1. The average Bonchev–Trinajstić information content (AvgIpc) is 2.55. The van der Waals surface area contributed by atoms with Crippen molar-refractivity contribution in [1.82, 2.24) is 0 Å². The highest BCUT2D eigenvalue weighted by Gasteiger charge is 2.21. The molecule has 0 fully saturated rings. The fourth-order valence-corrected chi connectivity index (χ4v) is 2.45. The van der Waals surface area contributed by atoms with E-state index in [1.165, 1.54) is 0 Å². The molecule has 2 aromatic carbocycles.